The van der Waals surface area contributed by atoms with Gasteiger partial charge in [0, 0.05) is 10.5 Å². The third kappa shape index (κ3) is 3.75. The highest BCUT2D eigenvalue weighted by molar-refractivity contribution is 9.10. The Hall–Kier alpha value is -2.03. The molecule has 0 fully saturated rings. The molecule has 5 nitrogen and oxygen atoms in total. The lowest BCUT2D eigenvalue weighted by Crippen LogP contribution is -2.06. The molecule has 9 heteroatoms. The molecule has 2 aromatic rings. The summed E-state index contributed by atoms with van der Waals surface area (Å²) in [6.07, 6.45) is -4.43. The third-order valence-corrected chi connectivity index (χ3v) is 3.18. The number of anilines is 3. The summed E-state index contributed by atoms with van der Waals surface area (Å²) in [6.45, 7) is 0. The largest absolute Gasteiger partial charge is 0.481 e. The van der Waals surface area contributed by atoms with Crippen LogP contribution in [0.3, 0.4) is 0 Å². The Bertz CT molecular complexity index is 663. The van der Waals surface area contributed by atoms with Crippen molar-refractivity contribution in [3.63, 3.8) is 0 Å². The summed E-state index contributed by atoms with van der Waals surface area (Å²) in [4.78, 5) is 7.67. The molecule has 0 radical (unpaired) electrons. The van der Waals surface area contributed by atoms with Crippen molar-refractivity contribution in [1.29, 1.82) is 0 Å². The second-order valence-corrected chi connectivity index (χ2v) is 4.83. The summed E-state index contributed by atoms with van der Waals surface area (Å²) in [5.74, 6) is 0.368. The van der Waals surface area contributed by atoms with E-state index in [4.69, 9.17) is 10.5 Å². The first-order valence-electron chi connectivity index (χ1n) is 5.62. The minimum Gasteiger partial charge on any atom is -0.481 e. The van der Waals surface area contributed by atoms with Gasteiger partial charge in [0.1, 0.15) is 5.82 Å². The van der Waals surface area contributed by atoms with Crippen LogP contribution < -0.4 is 15.8 Å². The maximum Gasteiger partial charge on any atom is 0.416 e. The van der Waals surface area contributed by atoms with Gasteiger partial charge < -0.3 is 15.8 Å². The number of nitrogen functional groups attached to an aromatic ring is 1. The van der Waals surface area contributed by atoms with Gasteiger partial charge in [0.25, 0.3) is 0 Å². The van der Waals surface area contributed by atoms with Gasteiger partial charge in [-0.05, 0) is 34.1 Å². The lowest BCUT2D eigenvalue weighted by molar-refractivity contribution is -0.137. The first-order valence-corrected chi connectivity index (χ1v) is 6.41. The summed E-state index contributed by atoms with van der Waals surface area (Å²) in [5, 5.41) is 2.74. The molecule has 0 amide bonds. The zero-order chi connectivity index (χ0) is 15.6. The van der Waals surface area contributed by atoms with Crippen molar-refractivity contribution in [2.24, 2.45) is 0 Å². The van der Waals surface area contributed by atoms with Crippen LogP contribution in [-0.2, 0) is 6.18 Å². The molecule has 3 N–H and O–H groups in total. The van der Waals surface area contributed by atoms with E-state index < -0.39 is 11.7 Å². The summed E-state index contributed by atoms with van der Waals surface area (Å²) in [5.41, 5.74) is 4.92. The van der Waals surface area contributed by atoms with E-state index in [9.17, 15) is 13.2 Å². The molecular weight excluding hydrogens is 353 g/mol. The van der Waals surface area contributed by atoms with Crippen LogP contribution >= 0.6 is 15.9 Å². The number of aromatic nitrogens is 2. The number of hydrogen-bond acceptors (Lipinski definition) is 5. The Balaban J connectivity index is 2.37. The van der Waals surface area contributed by atoms with Gasteiger partial charge in [-0.25, -0.2) is 0 Å². The van der Waals surface area contributed by atoms with Crippen LogP contribution in [0.2, 0.25) is 0 Å². The van der Waals surface area contributed by atoms with E-state index in [1.807, 2.05) is 0 Å². The summed E-state index contributed by atoms with van der Waals surface area (Å²) in [7, 11) is 1.39. The monoisotopic (exact) mass is 362 g/mol. The van der Waals surface area contributed by atoms with Gasteiger partial charge in [-0.3, -0.25) is 0 Å². The Morgan fingerprint density at radius 2 is 1.95 bits per heavy atom. The lowest BCUT2D eigenvalue weighted by Gasteiger charge is -2.12. The van der Waals surface area contributed by atoms with Gasteiger partial charge in [-0.15, -0.1) is 0 Å². The van der Waals surface area contributed by atoms with E-state index in [1.165, 1.54) is 19.2 Å². The summed E-state index contributed by atoms with van der Waals surface area (Å²) >= 11 is 3.17. The zero-order valence-corrected chi connectivity index (χ0v) is 12.3. The SMILES string of the molecule is COc1cc(Nc2cc(C(F)(F)F)ccc2Br)nc(N)n1. The standard InChI is InChI=1S/C12H10BrF3N4O/c1-21-10-5-9(19-11(17)20-10)18-8-4-6(12(14,15)16)2-3-7(8)13/h2-5H,1H3,(H3,17,18,19,20). The Kier molecular flexibility index (Phi) is 4.21. The van der Waals surface area contributed by atoms with Crippen molar-refractivity contribution in [3.8, 4) is 5.88 Å². The van der Waals surface area contributed by atoms with Crippen LogP contribution in [0, 0.1) is 0 Å². The van der Waals surface area contributed by atoms with Gasteiger partial charge >= 0.3 is 6.18 Å². The Labute approximate surface area is 126 Å². The second kappa shape index (κ2) is 5.76. The molecule has 0 saturated carbocycles. The van der Waals surface area contributed by atoms with Crippen molar-refractivity contribution in [2.45, 2.75) is 6.18 Å². The molecule has 0 bridgehead atoms. The molecule has 0 aliphatic rings. The van der Waals surface area contributed by atoms with Crippen LogP contribution in [0.1, 0.15) is 5.56 Å². The van der Waals surface area contributed by atoms with Crippen molar-refractivity contribution in [3.05, 3.63) is 34.3 Å². The summed E-state index contributed by atoms with van der Waals surface area (Å²) in [6, 6.07) is 4.66. The number of nitrogens with two attached hydrogens (primary N) is 1. The van der Waals surface area contributed by atoms with E-state index in [0.29, 0.717) is 4.47 Å². The summed E-state index contributed by atoms with van der Waals surface area (Å²) < 4.78 is 43.5. The van der Waals surface area contributed by atoms with Gasteiger partial charge in [-0.1, -0.05) is 0 Å². The molecule has 112 valence electrons. The van der Waals surface area contributed by atoms with Crippen LogP contribution in [0.15, 0.2) is 28.7 Å². The molecule has 0 atom stereocenters. The van der Waals surface area contributed by atoms with E-state index in [-0.39, 0.29) is 23.3 Å². The fourth-order valence-electron chi connectivity index (χ4n) is 1.55. The number of methoxy groups -OCH3 is 1. The number of nitrogens with one attached hydrogen (secondary N) is 1. The highest BCUT2D eigenvalue weighted by Crippen LogP contribution is 2.35. The fourth-order valence-corrected chi connectivity index (χ4v) is 1.89. The van der Waals surface area contributed by atoms with E-state index in [2.05, 4.69) is 31.2 Å². The number of alkyl halides is 3. The smallest absolute Gasteiger partial charge is 0.416 e. The van der Waals surface area contributed by atoms with E-state index in [0.717, 1.165) is 12.1 Å². The molecule has 0 aliphatic carbocycles. The quantitative estimate of drug-likeness (QED) is 0.872. The third-order valence-electron chi connectivity index (χ3n) is 2.49. The molecule has 1 heterocycles. The molecule has 0 aliphatic heterocycles. The normalized spacial score (nSPS) is 11.3. The number of nitrogens with zero attached hydrogens (tertiary/aromatic N) is 2. The highest BCUT2D eigenvalue weighted by atomic mass is 79.9. The maximum absolute atomic E-state index is 12.7. The minimum absolute atomic E-state index is 0.0556. The second-order valence-electron chi connectivity index (χ2n) is 3.97. The predicted molar refractivity (Wildman–Crippen MR) is 75.4 cm³/mol. The predicted octanol–water partition coefficient (Wildman–Crippen LogP) is 3.59. The molecule has 0 unspecified atom stereocenters. The molecule has 2 rings (SSSR count). The highest BCUT2D eigenvalue weighted by Gasteiger charge is 2.31. The van der Waals surface area contributed by atoms with Crippen LogP contribution in [0.4, 0.5) is 30.6 Å². The average Bonchev–Trinajstić information content (AvgIpc) is 2.39. The van der Waals surface area contributed by atoms with Gasteiger partial charge in [0.05, 0.1) is 18.4 Å². The van der Waals surface area contributed by atoms with Gasteiger partial charge in [0.15, 0.2) is 0 Å². The molecule has 0 saturated heterocycles. The molecule has 1 aromatic carbocycles. The van der Waals surface area contributed by atoms with Crippen molar-refractivity contribution in [2.75, 3.05) is 18.2 Å². The average molecular weight is 363 g/mol. The van der Waals surface area contributed by atoms with E-state index in [1.54, 1.807) is 0 Å². The Morgan fingerprint density at radius 1 is 1.24 bits per heavy atom. The minimum atomic E-state index is -4.43. The van der Waals surface area contributed by atoms with Crippen LogP contribution in [-0.4, -0.2) is 17.1 Å². The van der Waals surface area contributed by atoms with Crippen LogP contribution in [0.5, 0.6) is 5.88 Å². The number of rotatable bonds is 3. The maximum atomic E-state index is 12.7. The topological polar surface area (TPSA) is 73.1 Å². The van der Waals surface area contributed by atoms with Crippen molar-refractivity contribution in [1.82, 2.24) is 9.97 Å². The Morgan fingerprint density at radius 3 is 2.57 bits per heavy atom. The number of hydrogen-bond donors (Lipinski definition) is 2. The van der Waals surface area contributed by atoms with Gasteiger partial charge in [-0.2, -0.15) is 23.1 Å². The molecule has 1 aromatic heterocycles. The fraction of sp³-hybridized carbons (Fsp3) is 0.167. The molecule has 0 spiro atoms. The van der Waals surface area contributed by atoms with Crippen molar-refractivity contribution >= 4 is 33.4 Å². The number of ether oxygens (including phenoxy) is 1. The van der Waals surface area contributed by atoms with Crippen LogP contribution in [0.25, 0.3) is 0 Å². The van der Waals surface area contributed by atoms with E-state index >= 15 is 0 Å². The first kappa shape index (κ1) is 15.4. The molecule has 21 heavy (non-hydrogen) atoms. The lowest BCUT2D eigenvalue weighted by atomic mass is 10.2. The molecular formula is C12H10BrF3N4O. The number of benzene rings is 1. The zero-order valence-electron chi connectivity index (χ0n) is 10.7. The van der Waals surface area contributed by atoms with Crippen molar-refractivity contribution < 1.29 is 17.9 Å². The van der Waals surface area contributed by atoms with Gasteiger partial charge in [0.2, 0.25) is 11.8 Å². The number of halogens is 4. The first-order chi connectivity index (χ1) is 9.79.